The second-order valence-corrected chi connectivity index (χ2v) is 5.99. The summed E-state index contributed by atoms with van der Waals surface area (Å²) < 4.78 is 2.59. The maximum absolute atomic E-state index is 12.6. The monoisotopic (exact) mass is 383 g/mol. The molecule has 1 heterocycles. The van der Waals surface area contributed by atoms with Crippen molar-refractivity contribution in [2.75, 3.05) is 0 Å². The largest absolute Gasteiger partial charge is 0.351 e. The molecule has 3 rings (SSSR count). The lowest BCUT2D eigenvalue weighted by Gasteiger charge is -2.08. The van der Waals surface area contributed by atoms with Gasteiger partial charge in [-0.15, -0.1) is 0 Å². The lowest BCUT2D eigenvalue weighted by Crippen LogP contribution is -2.39. The van der Waals surface area contributed by atoms with Gasteiger partial charge in [0.25, 0.3) is 5.56 Å². The first kappa shape index (κ1) is 16.1. The first-order chi connectivity index (χ1) is 11.6. The van der Waals surface area contributed by atoms with Gasteiger partial charge in [0.15, 0.2) is 0 Å². The van der Waals surface area contributed by atoms with E-state index in [1.807, 2.05) is 60.7 Å². The summed E-state index contributed by atoms with van der Waals surface area (Å²) >= 11 is 3.20. The quantitative estimate of drug-likeness (QED) is 0.650. The van der Waals surface area contributed by atoms with Gasteiger partial charge in [0.2, 0.25) is 0 Å². The number of nitrogens with zero attached hydrogens (tertiary/aromatic N) is 3. The topological polar surface area (TPSA) is 56.4 Å². The minimum absolute atomic E-state index is 0.193. The smallest absolute Gasteiger partial charge is 0.268 e. The normalized spacial score (nSPS) is 11.0. The molecule has 24 heavy (non-hydrogen) atoms. The van der Waals surface area contributed by atoms with Crippen LogP contribution in [0.15, 0.2) is 86.0 Å². The summed E-state index contributed by atoms with van der Waals surface area (Å²) in [5.74, 6) is 0. The van der Waals surface area contributed by atoms with Gasteiger partial charge in [0.1, 0.15) is 4.47 Å². The molecule has 0 saturated heterocycles. The minimum Gasteiger partial charge on any atom is -0.268 e. The fraction of sp³-hybridized carbons (Fsp3) is 0.0556. The van der Waals surface area contributed by atoms with Crippen molar-refractivity contribution in [2.45, 2.75) is 6.54 Å². The highest BCUT2D eigenvalue weighted by Crippen LogP contribution is 2.03. The zero-order chi connectivity index (χ0) is 16.9. The SMILES string of the molecule is O=c1c(Br)cn(/N=C/c2ccccc2)c(=O)n1Cc1ccccc1. The Kier molecular flexibility index (Phi) is 4.86. The molecule has 0 spiro atoms. The third-order valence-corrected chi connectivity index (χ3v) is 3.97. The zero-order valence-electron chi connectivity index (χ0n) is 12.7. The van der Waals surface area contributed by atoms with E-state index in [1.165, 1.54) is 6.20 Å². The Hall–Kier alpha value is -2.73. The minimum atomic E-state index is -0.487. The van der Waals surface area contributed by atoms with Gasteiger partial charge in [0, 0.05) is 0 Å². The Morgan fingerprint density at radius 2 is 1.58 bits per heavy atom. The number of rotatable bonds is 4. The first-order valence-corrected chi connectivity index (χ1v) is 8.10. The van der Waals surface area contributed by atoms with Gasteiger partial charge < -0.3 is 0 Å². The van der Waals surface area contributed by atoms with Crippen LogP contribution in [-0.2, 0) is 6.54 Å². The summed E-state index contributed by atoms with van der Waals surface area (Å²) in [7, 11) is 0. The molecule has 0 bridgehead atoms. The van der Waals surface area contributed by atoms with Crippen LogP contribution in [0.4, 0.5) is 0 Å². The summed E-state index contributed by atoms with van der Waals surface area (Å²) in [4.78, 5) is 24.8. The van der Waals surface area contributed by atoms with Gasteiger partial charge in [-0.1, -0.05) is 60.7 Å². The zero-order valence-corrected chi connectivity index (χ0v) is 14.3. The van der Waals surface area contributed by atoms with Gasteiger partial charge in [-0.3, -0.25) is 9.36 Å². The molecule has 0 N–H and O–H groups in total. The Labute approximate surface area is 146 Å². The van der Waals surface area contributed by atoms with E-state index in [9.17, 15) is 9.59 Å². The number of benzene rings is 2. The molecule has 0 aliphatic carbocycles. The molecule has 6 heteroatoms. The highest BCUT2D eigenvalue weighted by atomic mass is 79.9. The molecule has 0 amide bonds. The molecule has 120 valence electrons. The van der Waals surface area contributed by atoms with E-state index in [-0.39, 0.29) is 16.6 Å². The summed E-state index contributed by atoms with van der Waals surface area (Å²) in [5.41, 5.74) is 0.865. The van der Waals surface area contributed by atoms with Gasteiger partial charge >= 0.3 is 5.69 Å². The van der Waals surface area contributed by atoms with E-state index >= 15 is 0 Å². The Balaban J connectivity index is 2.01. The molecule has 5 nitrogen and oxygen atoms in total. The van der Waals surface area contributed by atoms with E-state index in [2.05, 4.69) is 21.0 Å². The van der Waals surface area contributed by atoms with Gasteiger partial charge in [-0.25, -0.2) is 4.79 Å². The van der Waals surface area contributed by atoms with Crippen LogP contribution >= 0.6 is 15.9 Å². The molecule has 2 aromatic carbocycles. The standard InChI is InChI=1S/C18H14BrN3O2/c19-16-13-22(20-11-14-7-3-1-4-8-14)18(24)21(17(16)23)12-15-9-5-2-6-10-15/h1-11,13H,12H2/b20-11+. The van der Waals surface area contributed by atoms with E-state index in [4.69, 9.17) is 0 Å². The van der Waals surface area contributed by atoms with Gasteiger partial charge in [-0.2, -0.15) is 9.78 Å². The molecule has 0 aliphatic rings. The van der Waals surface area contributed by atoms with E-state index in [0.29, 0.717) is 0 Å². The lowest BCUT2D eigenvalue weighted by atomic mass is 10.2. The van der Waals surface area contributed by atoms with Crippen LogP contribution in [-0.4, -0.2) is 15.5 Å². The predicted octanol–water partition coefficient (Wildman–Crippen LogP) is 2.70. The third kappa shape index (κ3) is 3.60. The van der Waals surface area contributed by atoms with Crippen molar-refractivity contribution in [1.82, 2.24) is 9.24 Å². The average molecular weight is 384 g/mol. The van der Waals surface area contributed by atoms with Crippen molar-refractivity contribution in [3.63, 3.8) is 0 Å². The van der Waals surface area contributed by atoms with Crippen molar-refractivity contribution in [1.29, 1.82) is 0 Å². The van der Waals surface area contributed by atoms with Crippen LogP contribution in [0.2, 0.25) is 0 Å². The van der Waals surface area contributed by atoms with E-state index in [1.54, 1.807) is 6.21 Å². The molecule has 0 saturated carbocycles. The first-order valence-electron chi connectivity index (χ1n) is 7.30. The number of hydrogen-bond acceptors (Lipinski definition) is 3. The maximum Gasteiger partial charge on any atom is 0.351 e. The predicted molar refractivity (Wildman–Crippen MR) is 97.6 cm³/mol. The van der Waals surface area contributed by atoms with Crippen LogP contribution in [0.3, 0.4) is 0 Å². The Bertz CT molecular complexity index is 977. The lowest BCUT2D eigenvalue weighted by molar-refractivity contribution is 0.628. The molecule has 1 aromatic heterocycles. The molecular weight excluding hydrogens is 370 g/mol. The van der Waals surface area contributed by atoms with Crippen molar-refractivity contribution in [3.05, 3.63) is 103 Å². The summed E-state index contributed by atoms with van der Waals surface area (Å²) in [6, 6.07) is 18.8. The highest BCUT2D eigenvalue weighted by molar-refractivity contribution is 9.10. The van der Waals surface area contributed by atoms with Crippen molar-refractivity contribution in [3.8, 4) is 0 Å². The van der Waals surface area contributed by atoms with E-state index < -0.39 is 5.69 Å². The van der Waals surface area contributed by atoms with Crippen LogP contribution < -0.4 is 11.2 Å². The van der Waals surface area contributed by atoms with E-state index in [0.717, 1.165) is 20.4 Å². The second kappa shape index (κ2) is 7.23. The van der Waals surface area contributed by atoms with Crippen molar-refractivity contribution < 1.29 is 0 Å². The summed E-state index contributed by atoms with van der Waals surface area (Å²) in [6.45, 7) is 0.193. The summed E-state index contributed by atoms with van der Waals surface area (Å²) in [5, 5.41) is 4.17. The molecule has 0 fully saturated rings. The van der Waals surface area contributed by atoms with Crippen LogP contribution in [0.25, 0.3) is 0 Å². The van der Waals surface area contributed by atoms with Crippen molar-refractivity contribution in [2.24, 2.45) is 5.10 Å². The fourth-order valence-electron chi connectivity index (χ4n) is 2.21. The fourth-order valence-corrected chi connectivity index (χ4v) is 2.62. The van der Waals surface area contributed by atoms with Crippen LogP contribution in [0, 0.1) is 0 Å². The van der Waals surface area contributed by atoms with Gasteiger partial charge in [0.05, 0.1) is 19.0 Å². The van der Waals surface area contributed by atoms with Crippen LogP contribution in [0.5, 0.6) is 0 Å². The number of hydrogen-bond donors (Lipinski definition) is 0. The Morgan fingerprint density at radius 1 is 0.958 bits per heavy atom. The Morgan fingerprint density at radius 3 is 2.25 bits per heavy atom. The molecule has 0 atom stereocenters. The molecular formula is C18H14BrN3O2. The maximum atomic E-state index is 12.6. The van der Waals surface area contributed by atoms with Gasteiger partial charge in [-0.05, 0) is 27.1 Å². The average Bonchev–Trinajstić information content (AvgIpc) is 2.62. The molecule has 3 aromatic rings. The summed E-state index contributed by atoms with van der Waals surface area (Å²) in [6.07, 6.45) is 2.96. The van der Waals surface area contributed by atoms with Crippen molar-refractivity contribution >= 4 is 22.1 Å². The number of aromatic nitrogens is 2. The molecule has 0 unspecified atom stereocenters. The molecule has 0 radical (unpaired) electrons. The number of halogens is 1. The van der Waals surface area contributed by atoms with Crippen LogP contribution in [0.1, 0.15) is 11.1 Å². The highest BCUT2D eigenvalue weighted by Gasteiger charge is 2.09. The second-order valence-electron chi connectivity index (χ2n) is 5.14. The molecule has 0 aliphatic heterocycles. The third-order valence-electron chi connectivity index (χ3n) is 3.43.